The van der Waals surface area contributed by atoms with E-state index in [0.717, 1.165) is 26.2 Å². The molecule has 20 heavy (non-hydrogen) atoms. The summed E-state index contributed by atoms with van der Waals surface area (Å²) in [5.74, 6) is 0. The van der Waals surface area contributed by atoms with Crippen LogP contribution in [0.25, 0.3) is 0 Å². The lowest BCUT2D eigenvalue weighted by Crippen LogP contribution is -2.41. The van der Waals surface area contributed by atoms with Gasteiger partial charge < -0.3 is 9.16 Å². The Bertz CT molecular complexity index is 313. The number of hydrogen-bond donors (Lipinski definition) is 0. The van der Waals surface area contributed by atoms with Crippen molar-refractivity contribution in [1.82, 2.24) is 5.01 Å². The minimum atomic E-state index is -1.61. The standard InChI is InChI=1S/C15H32N2O2Si/c1-15(2,3)20(5,6)19-12-8-10-16-17-11-7-9-14(17)13-18-4/h10,14H,7-9,11-13H2,1-6H3/b16-10+. The van der Waals surface area contributed by atoms with Crippen LogP contribution in [0, 0.1) is 0 Å². The molecule has 1 fully saturated rings. The molecule has 0 amide bonds. The normalized spacial score (nSPS) is 21.1. The van der Waals surface area contributed by atoms with Crippen LogP contribution in [-0.4, -0.2) is 52.5 Å². The van der Waals surface area contributed by atoms with E-state index in [1.807, 2.05) is 6.21 Å². The fraction of sp³-hybridized carbons (Fsp3) is 0.933. The zero-order valence-corrected chi connectivity index (χ0v) is 15.1. The average Bonchev–Trinajstić information content (AvgIpc) is 2.75. The van der Waals surface area contributed by atoms with E-state index in [4.69, 9.17) is 9.16 Å². The molecule has 0 radical (unpaired) electrons. The first-order valence-electron chi connectivity index (χ1n) is 7.70. The zero-order chi connectivity index (χ0) is 15.2. The van der Waals surface area contributed by atoms with Crippen molar-refractivity contribution in [2.24, 2.45) is 5.10 Å². The minimum Gasteiger partial charge on any atom is -0.416 e. The predicted octanol–water partition coefficient (Wildman–Crippen LogP) is 3.49. The van der Waals surface area contributed by atoms with Crippen molar-refractivity contribution in [3.05, 3.63) is 0 Å². The highest BCUT2D eigenvalue weighted by molar-refractivity contribution is 6.74. The molecule has 0 spiro atoms. The maximum Gasteiger partial charge on any atom is 0.191 e. The summed E-state index contributed by atoms with van der Waals surface area (Å²) in [6.07, 6.45) is 5.29. The third-order valence-corrected chi connectivity index (χ3v) is 8.99. The van der Waals surface area contributed by atoms with Gasteiger partial charge in [-0.05, 0) is 31.0 Å². The molecule has 1 atom stereocenters. The van der Waals surface area contributed by atoms with Gasteiger partial charge in [-0.25, -0.2) is 0 Å². The van der Waals surface area contributed by atoms with Crippen LogP contribution in [0.3, 0.4) is 0 Å². The third kappa shape index (κ3) is 5.18. The molecule has 0 aromatic carbocycles. The van der Waals surface area contributed by atoms with Crippen molar-refractivity contribution in [2.45, 2.75) is 64.2 Å². The van der Waals surface area contributed by atoms with E-state index in [1.165, 1.54) is 12.8 Å². The van der Waals surface area contributed by atoms with Crippen molar-refractivity contribution in [2.75, 3.05) is 26.9 Å². The quantitative estimate of drug-likeness (QED) is 0.410. The van der Waals surface area contributed by atoms with Crippen molar-refractivity contribution in [3.8, 4) is 0 Å². The first-order valence-corrected chi connectivity index (χ1v) is 10.6. The van der Waals surface area contributed by atoms with E-state index in [1.54, 1.807) is 7.11 Å². The molecule has 0 N–H and O–H groups in total. The van der Waals surface area contributed by atoms with Crippen LogP contribution >= 0.6 is 0 Å². The zero-order valence-electron chi connectivity index (χ0n) is 14.1. The van der Waals surface area contributed by atoms with E-state index < -0.39 is 8.32 Å². The molecule has 0 aromatic heterocycles. The van der Waals surface area contributed by atoms with Gasteiger partial charge in [-0.15, -0.1) is 0 Å². The Labute approximate surface area is 125 Å². The molecule has 1 unspecified atom stereocenters. The summed E-state index contributed by atoms with van der Waals surface area (Å²) in [4.78, 5) is 0. The van der Waals surface area contributed by atoms with Crippen molar-refractivity contribution in [1.29, 1.82) is 0 Å². The highest BCUT2D eigenvalue weighted by Gasteiger charge is 2.36. The van der Waals surface area contributed by atoms with Gasteiger partial charge in [0.1, 0.15) is 0 Å². The Morgan fingerprint density at radius 1 is 1.35 bits per heavy atom. The maximum atomic E-state index is 6.14. The predicted molar refractivity (Wildman–Crippen MR) is 87.9 cm³/mol. The fourth-order valence-corrected chi connectivity index (χ4v) is 3.14. The first kappa shape index (κ1) is 17.7. The Morgan fingerprint density at radius 3 is 2.65 bits per heavy atom. The first-order chi connectivity index (χ1) is 9.28. The third-order valence-electron chi connectivity index (χ3n) is 4.45. The molecule has 0 aliphatic carbocycles. The molecule has 4 nitrogen and oxygen atoms in total. The van der Waals surface area contributed by atoms with Gasteiger partial charge in [0, 0.05) is 32.9 Å². The van der Waals surface area contributed by atoms with Gasteiger partial charge in [-0.2, -0.15) is 5.10 Å². The van der Waals surface area contributed by atoms with Crippen LogP contribution in [0.15, 0.2) is 5.10 Å². The van der Waals surface area contributed by atoms with E-state index in [-0.39, 0.29) is 5.04 Å². The summed E-state index contributed by atoms with van der Waals surface area (Å²) in [5.41, 5.74) is 0. The van der Waals surface area contributed by atoms with Crippen LogP contribution in [0.1, 0.15) is 40.0 Å². The number of methoxy groups -OCH3 is 1. The molecule has 118 valence electrons. The topological polar surface area (TPSA) is 34.1 Å². The van der Waals surface area contributed by atoms with Gasteiger partial charge >= 0.3 is 0 Å². The van der Waals surface area contributed by atoms with Crippen LogP contribution in [-0.2, 0) is 9.16 Å². The van der Waals surface area contributed by atoms with Gasteiger partial charge in [0.2, 0.25) is 0 Å². The second-order valence-electron chi connectivity index (χ2n) is 7.11. The van der Waals surface area contributed by atoms with Crippen molar-refractivity contribution >= 4 is 14.5 Å². The van der Waals surface area contributed by atoms with Crippen LogP contribution < -0.4 is 0 Å². The molecule has 0 bridgehead atoms. The van der Waals surface area contributed by atoms with E-state index in [0.29, 0.717) is 6.04 Å². The summed E-state index contributed by atoms with van der Waals surface area (Å²) >= 11 is 0. The number of rotatable bonds is 7. The van der Waals surface area contributed by atoms with Crippen molar-refractivity contribution in [3.63, 3.8) is 0 Å². The van der Waals surface area contributed by atoms with Crippen LogP contribution in [0.2, 0.25) is 18.1 Å². The SMILES string of the molecule is COCC1CCCN1/N=C/CCO[Si](C)(C)C(C)(C)C. The number of ether oxygens (including phenoxy) is 1. The molecule has 1 rings (SSSR count). The lowest BCUT2D eigenvalue weighted by atomic mass is 10.2. The van der Waals surface area contributed by atoms with Gasteiger partial charge in [-0.3, -0.25) is 5.01 Å². The number of nitrogens with zero attached hydrogens (tertiary/aromatic N) is 2. The average molecular weight is 301 g/mol. The summed E-state index contributed by atoms with van der Waals surface area (Å²) in [5, 5.41) is 7.01. The Kier molecular flexibility index (Phi) is 6.68. The number of hydrogen-bond acceptors (Lipinski definition) is 4. The van der Waals surface area contributed by atoms with Gasteiger partial charge in [0.05, 0.1) is 12.6 Å². The molecule has 1 saturated heterocycles. The van der Waals surface area contributed by atoms with Crippen molar-refractivity contribution < 1.29 is 9.16 Å². The number of hydrazone groups is 1. The highest BCUT2D eigenvalue weighted by Crippen LogP contribution is 2.36. The summed E-state index contributed by atoms with van der Waals surface area (Å²) in [7, 11) is 0.149. The summed E-state index contributed by atoms with van der Waals surface area (Å²) in [6, 6.07) is 0.456. The lowest BCUT2D eigenvalue weighted by molar-refractivity contribution is 0.118. The second-order valence-corrected chi connectivity index (χ2v) is 11.9. The molecular formula is C15H32N2O2Si. The summed E-state index contributed by atoms with van der Waals surface area (Å²) < 4.78 is 11.4. The molecule has 5 heteroatoms. The lowest BCUT2D eigenvalue weighted by Gasteiger charge is -2.36. The Morgan fingerprint density at radius 2 is 2.05 bits per heavy atom. The monoisotopic (exact) mass is 300 g/mol. The molecule has 0 saturated carbocycles. The Balaban J connectivity index is 2.29. The fourth-order valence-electron chi connectivity index (χ4n) is 2.08. The Hall–Kier alpha value is -0.393. The molecular weight excluding hydrogens is 268 g/mol. The maximum absolute atomic E-state index is 6.14. The molecule has 1 heterocycles. The minimum absolute atomic E-state index is 0.280. The van der Waals surface area contributed by atoms with E-state index >= 15 is 0 Å². The van der Waals surface area contributed by atoms with Crippen LogP contribution in [0.5, 0.6) is 0 Å². The van der Waals surface area contributed by atoms with Gasteiger partial charge in [0.15, 0.2) is 8.32 Å². The molecule has 1 aliphatic rings. The molecule has 0 aromatic rings. The smallest absolute Gasteiger partial charge is 0.191 e. The largest absolute Gasteiger partial charge is 0.416 e. The highest BCUT2D eigenvalue weighted by atomic mass is 28.4. The summed E-state index contributed by atoms with van der Waals surface area (Å²) in [6.45, 7) is 14.0. The second kappa shape index (κ2) is 7.57. The van der Waals surface area contributed by atoms with E-state index in [2.05, 4.69) is 44.0 Å². The van der Waals surface area contributed by atoms with Gasteiger partial charge in [-0.1, -0.05) is 20.8 Å². The van der Waals surface area contributed by atoms with Gasteiger partial charge in [0.25, 0.3) is 0 Å². The van der Waals surface area contributed by atoms with Crippen LogP contribution in [0.4, 0.5) is 0 Å². The molecule has 1 aliphatic heterocycles. The van der Waals surface area contributed by atoms with E-state index in [9.17, 15) is 0 Å².